The van der Waals surface area contributed by atoms with Crippen LogP contribution in [0.4, 0.5) is 0 Å². The van der Waals surface area contributed by atoms with Crippen molar-refractivity contribution >= 4 is 55.9 Å². The molecule has 1 aromatic heterocycles. The van der Waals surface area contributed by atoms with Crippen LogP contribution in [0.15, 0.2) is 24.3 Å². The molecule has 16 heavy (non-hydrogen) atoms. The first-order valence-electron chi connectivity index (χ1n) is 4.49. The zero-order valence-electron chi connectivity index (χ0n) is 7.85. The molecule has 0 amide bonds. The number of ketones is 2. The number of benzene rings is 1. The van der Waals surface area contributed by atoms with Gasteiger partial charge in [0, 0.05) is 20.5 Å². The van der Waals surface area contributed by atoms with E-state index in [1.807, 2.05) is 0 Å². The first kappa shape index (κ1) is 10.0. The average Bonchev–Trinajstić information content (AvgIpc) is 2.61. The van der Waals surface area contributed by atoms with Gasteiger partial charge >= 0.3 is 0 Å². The van der Waals surface area contributed by atoms with Crippen LogP contribution >= 0.6 is 34.9 Å². The Morgan fingerprint density at radius 2 is 1.31 bits per heavy atom. The van der Waals surface area contributed by atoms with Crippen molar-refractivity contribution in [2.75, 3.05) is 0 Å². The van der Waals surface area contributed by atoms with Crippen molar-refractivity contribution in [2.45, 2.75) is 0 Å². The van der Waals surface area contributed by atoms with Gasteiger partial charge in [-0.15, -0.1) is 22.7 Å². The van der Waals surface area contributed by atoms with Gasteiger partial charge in [0.05, 0.1) is 0 Å². The highest BCUT2D eigenvalue weighted by Gasteiger charge is 2.20. The van der Waals surface area contributed by atoms with Gasteiger partial charge in [-0.05, 0) is 24.3 Å². The molecule has 0 bridgehead atoms. The van der Waals surface area contributed by atoms with Gasteiger partial charge in [0.1, 0.15) is 3.14 Å². The number of hydrogen-bond donors (Lipinski definition) is 0. The second kappa shape index (κ2) is 3.41. The Balaban J connectivity index is 2.43. The van der Waals surface area contributed by atoms with Crippen LogP contribution in [0.25, 0.3) is 9.40 Å². The summed E-state index contributed by atoms with van der Waals surface area (Å²) in [5.74, 6) is -0.221. The molecule has 1 aromatic carbocycles. The quantitative estimate of drug-likeness (QED) is 0.681. The molecule has 1 aliphatic carbocycles. The normalized spacial score (nSPS) is 14.5. The third-order valence-corrected chi connectivity index (χ3v) is 4.97. The molecule has 1 heterocycles. The molecule has 0 radical (unpaired) electrons. The standard InChI is InChI=1S/C11H4O2S3/c12-7-1-2-8(13)6-4-10-9(3-5(6)7)15-11(14)16-10/h1-4H. The molecule has 2 aromatic rings. The van der Waals surface area contributed by atoms with E-state index in [4.69, 9.17) is 12.2 Å². The van der Waals surface area contributed by atoms with E-state index in [9.17, 15) is 9.59 Å². The maximum absolute atomic E-state index is 11.6. The minimum atomic E-state index is -0.110. The zero-order valence-corrected chi connectivity index (χ0v) is 10.3. The Morgan fingerprint density at radius 1 is 0.875 bits per heavy atom. The molecule has 2 nitrogen and oxygen atoms in total. The summed E-state index contributed by atoms with van der Waals surface area (Å²) in [6, 6.07) is 3.54. The van der Waals surface area contributed by atoms with Crippen LogP contribution in [0.2, 0.25) is 0 Å². The van der Waals surface area contributed by atoms with E-state index < -0.39 is 0 Å². The zero-order chi connectivity index (χ0) is 11.3. The highest BCUT2D eigenvalue weighted by molar-refractivity contribution is 7.77. The minimum Gasteiger partial charge on any atom is -0.289 e. The lowest BCUT2D eigenvalue weighted by atomic mass is 9.95. The monoisotopic (exact) mass is 264 g/mol. The average molecular weight is 264 g/mol. The van der Waals surface area contributed by atoms with E-state index in [0.29, 0.717) is 11.1 Å². The second-order valence-corrected chi connectivity index (χ2v) is 6.65. The lowest BCUT2D eigenvalue weighted by molar-refractivity contribution is 0.0994. The summed E-state index contributed by atoms with van der Waals surface area (Å²) in [5.41, 5.74) is 0.980. The molecule has 0 N–H and O–H groups in total. The molecule has 0 aliphatic heterocycles. The molecule has 5 heteroatoms. The summed E-state index contributed by atoms with van der Waals surface area (Å²) in [6.07, 6.45) is 2.64. The predicted octanol–water partition coefficient (Wildman–Crippen LogP) is 3.63. The Kier molecular flexibility index (Phi) is 2.14. The Hall–Kier alpha value is -1.17. The van der Waals surface area contributed by atoms with Gasteiger partial charge in [-0.3, -0.25) is 9.59 Å². The first-order valence-corrected chi connectivity index (χ1v) is 6.54. The van der Waals surface area contributed by atoms with Gasteiger partial charge in [0.15, 0.2) is 11.6 Å². The summed E-state index contributed by atoms with van der Waals surface area (Å²) in [4.78, 5) is 23.2. The van der Waals surface area contributed by atoms with Gasteiger partial charge in [-0.1, -0.05) is 12.2 Å². The van der Waals surface area contributed by atoms with Gasteiger partial charge in [0.2, 0.25) is 0 Å². The van der Waals surface area contributed by atoms with Gasteiger partial charge in [0.25, 0.3) is 0 Å². The van der Waals surface area contributed by atoms with E-state index >= 15 is 0 Å². The second-order valence-electron chi connectivity index (χ2n) is 3.36. The van der Waals surface area contributed by atoms with E-state index in [1.165, 1.54) is 34.8 Å². The molecular formula is C11H4O2S3. The van der Waals surface area contributed by atoms with Crippen LogP contribution in [0.5, 0.6) is 0 Å². The predicted molar refractivity (Wildman–Crippen MR) is 68.3 cm³/mol. The van der Waals surface area contributed by atoms with Crippen molar-refractivity contribution in [2.24, 2.45) is 0 Å². The van der Waals surface area contributed by atoms with Gasteiger partial charge < -0.3 is 0 Å². The van der Waals surface area contributed by atoms with Crippen LogP contribution in [-0.2, 0) is 0 Å². The van der Waals surface area contributed by atoms with Crippen molar-refractivity contribution < 1.29 is 9.59 Å². The molecule has 0 spiro atoms. The largest absolute Gasteiger partial charge is 0.289 e. The Bertz CT molecular complexity index is 660. The number of carbonyl (C=O) groups is 2. The lowest BCUT2D eigenvalue weighted by Crippen LogP contribution is -2.10. The summed E-state index contributed by atoms with van der Waals surface area (Å²) < 4.78 is 2.76. The van der Waals surface area contributed by atoms with E-state index in [0.717, 1.165) is 12.5 Å². The molecule has 3 rings (SSSR count). The summed E-state index contributed by atoms with van der Waals surface area (Å²) >= 11 is 8.05. The first-order chi connectivity index (χ1) is 7.65. The van der Waals surface area contributed by atoms with Crippen molar-refractivity contribution in [3.05, 3.63) is 38.5 Å². The maximum Gasteiger partial charge on any atom is 0.186 e. The van der Waals surface area contributed by atoms with Crippen molar-refractivity contribution in [3.8, 4) is 0 Å². The third kappa shape index (κ3) is 1.40. The van der Waals surface area contributed by atoms with Crippen molar-refractivity contribution in [1.82, 2.24) is 0 Å². The molecule has 0 atom stereocenters. The van der Waals surface area contributed by atoms with Crippen LogP contribution < -0.4 is 0 Å². The van der Waals surface area contributed by atoms with Crippen LogP contribution in [0, 0.1) is 3.14 Å². The van der Waals surface area contributed by atoms with Crippen LogP contribution in [0.3, 0.4) is 0 Å². The topological polar surface area (TPSA) is 34.1 Å². The maximum atomic E-state index is 11.6. The number of fused-ring (bicyclic) bond motifs is 2. The van der Waals surface area contributed by atoms with Crippen LogP contribution in [-0.4, -0.2) is 11.6 Å². The van der Waals surface area contributed by atoms with E-state index in [1.54, 1.807) is 12.1 Å². The summed E-state index contributed by atoms with van der Waals surface area (Å²) in [5, 5.41) is 0. The van der Waals surface area contributed by atoms with E-state index in [-0.39, 0.29) is 11.6 Å². The fourth-order valence-corrected chi connectivity index (χ4v) is 4.18. The molecule has 1 aliphatic rings. The molecular weight excluding hydrogens is 260 g/mol. The highest BCUT2D eigenvalue weighted by Crippen LogP contribution is 2.32. The summed E-state index contributed by atoms with van der Waals surface area (Å²) in [6.45, 7) is 0. The fourth-order valence-electron chi connectivity index (χ4n) is 1.66. The third-order valence-electron chi connectivity index (χ3n) is 2.39. The molecule has 0 fully saturated rings. The Labute approximate surface area is 104 Å². The fraction of sp³-hybridized carbons (Fsp3) is 0. The molecule has 78 valence electrons. The number of hydrogen-bond acceptors (Lipinski definition) is 5. The number of rotatable bonds is 0. The number of carbonyl (C=O) groups excluding carboxylic acids is 2. The summed E-state index contributed by atoms with van der Waals surface area (Å²) in [7, 11) is 0. The van der Waals surface area contributed by atoms with Crippen molar-refractivity contribution in [3.63, 3.8) is 0 Å². The molecule has 0 saturated carbocycles. The minimum absolute atomic E-state index is 0.110. The van der Waals surface area contributed by atoms with Crippen molar-refractivity contribution in [1.29, 1.82) is 0 Å². The van der Waals surface area contributed by atoms with Crippen LogP contribution in [0.1, 0.15) is 20.7 Å². The smallest absolute Gasteiger partial charge is 0.186 e. The highest BCUT2D eigenvalue weighted by atomic mass is 32.2. The van der Waals surface area contributed by atoms with E-state index in [2.05, 4.69) is 0 Å². The molecule has 0 unspecified atom stereocenters. The van der Waals surface area contributed by atoms with Gasteiger partial charge in [-0.25, -0.2) is 0 Å². The lowest BCUT2D eigenvalue weighted by Gasteiger charge is -2.07. The van der Waals surface area contributed by atoms with Gasteiger partial charge in [-0.2, -0.15) is 0 Å². The Morgan fingerprint density at radius 3 is 1.75 bits per heavy atom. The number of allylic oxidation sites excluding steroid dienone is 2. The molecule has 0 saturated heterocycles. The SMILES string of the molecule is O=C1C=CC(=O)c2cc3sc(=S)sc3cc21.